The molecule has 1 rings (SSSR count). The molecule has 7 heteroatoms. The monoisotopic (exact) mass is 267 g/mol. The summed E-state index contributed by atoms with van der Waals surface area (Å²) in [6, 6.07) is 6.45. The van der Waals surface area contributed by atoms with Gasteiger partial charge in [-0.1, -0.05) is 0 Å². The fourth-order valence-corrected chi connectivity index (χ4v) is 1.20. The van der Waals surface area contributed by atoms with Crippen molar-refractivity contribution in [2.45, 2.75) is 6.92 Å². The molecule has 0 heterocycles. The average Bonchev–Trinajstić information content (AvgIpc) is 2.40. The Labute approximate surface area is 111 Å². The van der Waals surface area contributed by atoms with E-state index in [9.17, 15) is 9.59 Å². The van der Waals surface area contributed by atoms with Gasteiger partial charge < -0.3 is 25.8 Å². The van der Waals surface area contributed by atoms with E-state index in [-0.39, 0.29) is 19.2 Å². The number of aromatic hydroxyl groups is 1. The normalized spacial score (nSPS) is 9.74. The average molecular weight is 267 g/mol. The first kappa shape index (κ1) is 14.8. The summed E-state index contributed by atoms with van der Waals surface area (Å²) >= 11 is 0. The van der Waals surface area contributed by atoms with Crippen LogP contribution in [-0.4, -0.2) is 36.9 Å². The lowest BCUT2D eigenvalue weighted by Gasteiger charge is -2.08. The Morgan fingerprint density at radius 2 is 1.74 bits per heavy atom. The van der Waals surface area contributed by atoms with Gasteiger partial charge in [-0.2, -0.15) is 0 Å². The number of anilines is 1. The second kappa shape index (κ2) is 7.93. The Balaban J connectivity index is 2.13. The lowest BCUT2D eigenvalue weighted by molar-refractivity contribution is -0.140. The topological polar surface area (TPSA) is 99.7 Å². The van der Waals surface area contributed by atoms with Crippen LogP contribution in [-0.2, 0) is 14.3 Å². The molecule has 0 aromatic heterocycles. The molecule has 0 radical (unpaired) electrons. The molecule has 0 fully saturated rings. The fourth-order valence-electron chi connectivity index (χ4n) is 1.20. The number of rotatable bonds is 6. The van der Waals surface area contributed by atoms with E-state index < -0.39 is 11.8 Å². The molecule has 7 nitrogen and oxygen atoms in total. The van der Waals surface area contributed by atoms with E-state index >= 15 is 0 Å². The fraction of sp³-hybridized carbons (Fsp3) is 0.333. The minimum Gasteiger partial charge on any atom is -0.508 e. The molecular formula is C12H17N3O4. The molecule has 0 saturated heterocycles. The molecule has 2 amide bonds. The summed E-state index contributed by atoms with van der Waals surface area (Å²) in [5.41, 5.74) is 0.771. The van der Waals surface area contributed by atoms with Gasteiger partial charge in [-0.15, -0.1) is 0 Å². The first-order valence-corrected chi connectivity index (χ1v) is 5.80. The molecular weight excluding hydrogens is 250 g/mol. The standard InChI is InChI=1S/C12H17N3O4/c1-2-13-11(17)12(18)15-8-19-7-14-9-3-5-10(16)6-4-9/h3-6,14,16H,2,7-8H2,1H3,(H,13,17)(H,15,18). The van der Waals surface area contributed by atoms with Gasteiger partial charge in [0.2, 0.25) is 0 Å². The van der Waals surface area contributed by atoms with Crippen LogP contribution >= 0.6 is 0 Å². The van der Waals surface area contributed by atoms with Gasteiger partial charge >= 0.3 is 11.8 Å². The van der Waals surface area contributed by atoms with Crippen LogP contribution in [0.5, 0.6) is 5.75 Å². The molecule has 0 aliphatic carbocycles. The number of likely N-dealkylation sites (N-methyl/N-ethyl adjacent to an activating group) is 1. The van der Waals surface area contributed by atoms with E-state index in [0.717, 1.165) is 5.69 Å². The van der Waals surface area contributed by atoms with Crippen LogP contribution in [0.15, 0.2) is 24.3 Å². The Kier molecular flexibility index (Phi) is 6.17. The van der Waals surface area contributed by atoms with E-state index in [2.05, 4.69) is 16.0 Å². The second-order valence-corrected chi connectivity index (χ2v) is 3.58. The molecule has 0 bridgehead atoms. The highest BCUT2D eigenvalue weighted by Gasteiger charge is 2.10. The third kappa shape index (κ3) is 5.73. The molecule has 4 N–H and O–H groups in total. The number of carbonyl (C=O) groups excluding carboxylic acids is 2. The number of phenolic OH excluding ortho intramolecular Hbond substituents is 1. The lowest BCUT2D eigenvalue weighted by atomic mass is 10.3. The van der Waals surface area contributed by atoms with Crippen molar-refractivity contribution in [1.29, 1.82) is 0 Å². The van der Waals surface area contributed by atoms with Crippen molar-refractivity contribution in [3.05, 3.63) is 24.3 Å². The Bertz CT molecular complexity index is 419. The number of nitrogens with one attached hydrogen (secondary N) is 3. The number of ether oxygens (including phenoxy) is 1. The van der Waals surface area contributed by atoms with Gasteiger partial charge in [0, 0.05) is 12.2 Å². The van der Waals surface area contributed by atoms with E-state index in [0.29, 0.717) is 6.54 Å². The molecule has 0 unspecified atom stereocenters. The molecule has 0 saturated carbocycles. The maximum absolute atomic E-state index is 11.2. The molecule has 0 aliphatic rings. The van der Waals surface area contributed by atoms with E-state index in [1.165, 1.54) is 0 Å². The predicted octanol–water partition coefficient (Wildman–Crippen LogP) is -0.0120. The van der Waals surface area contributed by atoms with E-state index in [4.69, 9.17) is 9.84 Å². The van der Waals surface area contributed by atoms with Crippen molar-refractivity contribution in [2.75, 3.05) is 25.3 Å². The van der Waals surface area contributed by atoms with Crippen molar-refractivity contribution in [2.24, 2.45) is 0 Å². The minimum atomic E-state index is -0.730. The van der Waals surface area contributed by atoms with Gasteiger partial charge in [-0.3, -0.25) is 9.59 Å². The zero-order valence-corrected chi connectivity index (χ0v) is 10.6. The first-order chi connectivity index (χ1) is 9.13. The maximum atomic E-state index is 11.2. The zero-order chi connectivity index (χ0) is 14.1. The maximum Gasteiger partial charge on any atom is 0.311 e. The number of carbonyl (C=O) groups is 2. The van der Waals surface area contributed by atoms with Gasteiger partial charge in [0.05, 0.1) is 0 Å². The van der Waals surface area contributed by atoms with Gasteiger partial charge in [0.25, 0.3) is 0 Å². The lowest BCUT2D eigenvalue weighted by Crippen LogP contribution is -2.40. The van der Waals surface area contributed by atoms with Gasteiger partial charge in [0.1, 0.15) is 19.2 Å². The van der Waals surface area contributed by atoms with Crippen LogP contribution in [0.2, 0.25) is 0 Å². The molecule has 0 spiro atoms. The summed E-state index contributed by atoms with van der Waals surface area (Å²) in [5.74, 6) is -1.23. The quantitative estimate of drug-likeness (QED) is 0.251. The van der Waals surface area contributed by atoms with Crippen LogP contribution in [0.4, 0.5) is 5.69 Å². The Hall–Kier alpha value is -2.28. The minimum absolute atomic E-state index is 0.0684. The third-order valence-electron chi connectivity index (χ3n) is 2.12. The van der Waals surface area contributed by atoms with E-state index in [1.807, 2.05) is 0 Å². The zero-order valence-electron chi connectivity index (χ0n) is 10.6. The van der Waals surface area contributed by atoms with Crippen molar-refractivity contribution in [3.63, 3.8) is 0 Å². The summed E-state index contributed by atoms with van der Waals surface area (Å²) in [5, 5.41) is 16.7. The first-order valence-electron chi connectivity index (χ1n) is 5.80. The van der Waals surface area contributed by atoms with Crippen LogP contribution in [0.3, 0.4) is 0 Å². The van der Waals surface area contributed by atoms with Crippen LogP contribution in [0.1, 0.15) is 6.92 Å². The third-order valence-corrected chi connectivity index (χ3v) is 2.12. The summed E-state index contributed by atoms with van der Waals surface area (Å²) in [6.07, 6.45) is 0. The number of amides is 2. The summed E-state index contributed by atoms with van der Waals surface area (Å²) in [6.45, 7) is 2.22. The molecule has 0 atom stereocenters. The van der Waals surface area contributed by atoms with Crippen molar-refractivity contribution >= 4 is 17.5 Å². The highest BCUT2D eigenvalue weighted by Crippen LogP contribution is 2.12. The number of hydrogen-bond acceptors (Lipinski definition) is 5. The SMILES string of the molecule is CCNC(=O)C(=O)NCOCNc1ccc(O)cc1. The van der Waals surface area contributed by atoms with Gasteiger partial charge in [0.15, 0.2) is 0 Å². The molecule has 1 aromatic carbocycles. The number of phenols is 1. The summed E-state index contributed by atoms with van der Waals surface area (Å²) < 4.78 is 5.08. The van der Waals surface area contributed by atoms with Gasteiger partial charge in [-0.25, -0.2) is 0 Å². The van der Waals surface area contributed by atoms with Crippen molar-refractivity contribution in [1.82, 2.24) is 10.6 Å². The summed E-state index contributed by atoms with van der Waals surface area (Å²) in [4.78, 5) is 22.2. The van der Waals surface area contributed by atoms with Crippen LogP contribution in [0.25, 0.3) is 0 Å². The predicted molar refractivity (Wildman–Crippen MR) is 69.4 cm³/mol. The molecule has 19 heavy (non-hydrogen) atoms. The van der Waals surface area contributed by atoms with Crippen molar-refractivity contribution < 1.29 is 19.4 Å². The number of benzene rings is 1. The Morgan fingerprint density at radius 3 is 2.37 bits per heavy atom. The smallest absolute Gasteiger partial charge is 0.311 e. The van der Waals surface area contributed by atoms with Crippen molar-refractivity contribution in [3.8, 4) is 5.75 Å². The molecule has 1 aromatic rings. The highest BCUT2D eigenvalue weighted by atomic mass is 16.5. The summed E-state index contributed by atoms with van der Waals surface area (Å²) in [7, 11) is 0. The van der Waals surface area contributed by atoms with Crippen LogP contribution < -0.4 is 16.0 Å². The second-order valence-electron chi connectivity index (χ2n) is 3.58. The van der Waals surface area contributed by atoms with Gasteiger partial charge in [-0.05, 0) is 31.2 Å². The van der Waals surface area contributed by atoms with Crippen LogP contribution in [0, 0.1) is 0 Å². The largest absolute Gasteiger partial charge is 0.508 e. The number of hydrogen-bond donors (Lipinski definition) is 4. The highest BCUT2D eigenvalue weighted by molar-refractivity contribution is 6.35. The molecule has 104 valence electrons. The van der Waals surface area contributed by atoms with E-state index in [1.54, 1.807) is 31.2 Å². The molecule has 0 aliphatic heterocycles. The Morgan fingerprint density at radius 1 is 1.11 bits per heavy atom.